The van der Waals surface area contributed by atoms with Crippen LogP contribution in [0, 0.1) is 5.92 Å². The van der Waals surface area contributed by atoms with Crippen LogP contribution in [0.1, 0.15) is 31.1 Å². The van der Waals surface area contributed by atoms with E-state index in [1.54, 1.807) is 42.5 Å². The van der Waals surface area contributed by atoms with Crippen LogP contribution >= 0.6 is 23.2 Å². The number of carbonyl (C=O) groups excluding carboxylic acids is 2. The van der Waals surface area contributed by atoms with Gasteiger partial charge < -0.3 is 14.8 Å². The van der Waals surface area contributed by atoms with Crippen molar-refractivity contribution in [1.29, 1.82) is 0 Å². The van der Waals surface area contributed by atoms with Crippen LogP contribution in [0.3, 0.4) is 0 Å². The summed E-state index contributed by atoms with van der Waals surface area (Å²) < 4.78 is 10.8. The van der Waals surface area contributed by atoms with Gasteiger partial charge in [-0.05, 0) is 55.3 Å². The quantitative estimate of drug-likeness (QED) is 0.637. The standard InChI is InChI=1S/C20H21Cl2NO4/c1-12(2)11-26-18-6-4-14(5-7-18)20(25)27-13(3)19(24)23-17-9-15(21)8-16(22)10-17/h4-10,12-13H,11H2,1-3H3,(H,23,24)/t13-/m0/s1. The first-order valence-corrected chi connectivity index (χ1v) is 9.21. The Morgan fingerprint density at radius 2 is 1.59 bits per heavy atom. The second-order valence-electron chi connectivity index (χ2n) is 6.42. The van der Waals surface area contributed by atoms with E-state index >= 15 is 0 Å². The number of halogens is 2. The number of ether oxygens (including phenoxy) is 2. The summed E-state index contributed by atoms with van der Waals surface area (Å²) in [5.74, 6) is -0.0111. The highest BCUT2D eigenvalue weighted by atomic mass is 35.5. The third kappa shape index (κ3) is 6.77. The second kappa shape index (κ2) is 9.62. The number of nitrogens with one attached hydrogen (secondary N) is 1. The number of rotatable bonds is 7. The van der Waals surface area contributed by atoms with Crippen LogP contribution in [0.5, 0.6) is 5.75 Å². The lowest BCUT2D eigenvalue weighted by molar-refractivity contribution is -0.123. The molecule has 5 nitrogen and oxygen atoms in total. The first kappa shape index (κ1) is 21.1. The van der Waals surface area contributed by atoms with Crippen LogP contribution in [-0.2, 0) is 9.53 Å². The maximum Gasteiger partial charge on any atom is 0.338 e. The number of carbonyl (C=O) groups is 2. The Labute approximate surface area is 168 Å². The average molecular weight is 410 g/mol. The van der Waals surface area contributed by atoms with E-state index in [9.17, 15) is 9.59 Å². The lowest BCUT2D eigenvalue weighted by Gasteiger charge is -2.14. The van der Waals surface area contributed by atoms with Crippen LogP contribution < -0.4 is 10.1 Å². The Morgan fingerprint density at radius 1 is 1.00 bits per heavy atom. The summed E-state index contributed by atoms with van der Waals surface area (Å²) in [4.78, 5) is 24.4. The lowest BCUT2D eigenvalue weighted by atomic mass is 10.2. The van der Waals surface area contributed by atoms with Crippen molar-refractivity contribution >= 4 is 40.8 Å². The molecule has 0 aliphatic heterocycles. The molecule has 2 aromatic rings. The van der Waals surface area contributed by atoms with Crippen LogP contribution in [0.25, 0.3) is 0 Å². The summed E-state index contributed by atoms with van der Waals surface area (Å²) >= 11 is 11.8. The van der Waals surface area contributed by atoms with Gasteiger partial charge in [0.15, 0.2) is 6.10 Å². The monoisotopic (exact) mass is 409 g/mol. The summed E-state index contributed by atoms with van der Waals surface area (Å²) in [5, 5.41) is 3.39. The molecule has 0 spiro atoms. The molecule has 0 unspecified atom stereocenters. The van der Waals surface area contributed by atoms with Crippen LogP contribution in [0.4, 0.5) is 5.69 Å². The zero-order chi connectivity index (χ0) is 20.0. The smallest absolute Gasteiger partial charge is 0.338 e. The highest BCUT2D eigenvalue weighted by Gasteiger charge is 2.19. The third-order valence-electron chi connectivity index (χ3n) is 3.46. The first-order valence-electron chi connectivity index (χ1n) is 8.45. The van der Waals surface area contributed by atoms with Gasteiger partial charge in [-0.25, -0.2) is 4.79 Å². The lowest BCUT2D eigenvalue weighted by Crippen LogP contribution is -2.30. The zero-order valence-electron chi connectivity index (χ0n) is 15.3. The minimum Gasteiger partial charge on any atom is -0.493 e. The number of hydrogen-bond acceptors (Lipinski definition) is 4. The van der Waals surface area contributed by atoms with Gasteiger partial charge in [-0.3, -0.25) is 4.79 Å². The Morgan fingerprint density at radius 3 is 2.15 bits per heavy atom. The zero-order valence-corrected chi connectivity index (χ0v) is 16.8. The van der Waals surface area contributed by atoms with Crippen LogP contribution in [0.15, 0.2) is 42.5 Å². The second-order valence-corrected chi connectivity index (χ2v) is 7.30. The van der Waals surface area contributed by atoms with Crippen LogP contribution in [0.2, 0.25) is 10.0 Å². The van der Waals surface area contributed by atoms with Crippen molar-refractivity contribution in [2.45, 2.75) is 26.9 Å². The molecule has 0 aliphatic carbocycles. The van der Waals surface area contributed by atoms with Gasteiger partial charge in [0, 0.05) is 15.7 Å². The van der Waals surface area contributed by atoms with Crippen molar-refractivity contribution in [3.63, 3.8) is 0 Å². The van der Waals surface area contributed by atoms with Crippen molar-refractivity contribution in [2.24, 2.45) is 5.92 Å². The van der Waals surface area contributed by atoms with Gasteiger partial charge >= 0.3 is 5.97 Å². The van der Waals surface area contributed by atoms with Gasteiger partial charge in [-0.15, -0.1) is 0 Å². The molecule has 2 aromatic carbocycles. The molecule has 0 heterocycles. The molecule has 2 rings (SSSR count). The highest BCUT2D eigenvalue weighted by molar-refractivity contribution is 6.35. The highest BCUT2D eigenvalue weighted by Crippen LogP contribution is 2.22. The van der Waals surface area contributed by atoms with Gasteiger partial charge in [-0.1, -0.05) is 37.0 Å². The molecule has 27 heavy (non-hydrogen) atoms. The van der Waals surface area contributed by atoms with E-state index in [1.807, 2.05) is 0 Å². The molecule has 1 atom stereocenters. The van der Waals surface area contributed by atoms with Gasteiger partial charge in [-0.2, -0.15) is 0 Å². The summed E-state index contributed by atoms with van der Waals surface area (Å²) in [6, 6.07) is 11.2. The maximum absolute atomic E-state index is 12.2. The van der Waals surface area contributed by atoms with Gasteiger partial charge in [0.2, 0.25) is 0 Å². The number of anilines is 1. The SMILES string of the molecule is CC(C)COc1ccc(C(=O)O[C@@H](C)C(=O)Nc2cc(Cl)cc(Cl)c2)cc1. The van der Waals surface area contributed by atoms with Crippen LogP contribution in [-0.4, -0.2) is 24.6 Å². The normalized spacial score (nSPS) is 11.8. The molecule has 0 radical (unpaired) electrons. The fraction of sp³-hybridized carbons (Fsp3) is 0.300. The predicted molar refractivity (Wildman–Crippen MR) is 107 cm³/mol. The Kier molecular flexibility index (Phi) is 7.51. The molecule has 0 aromatic heterocycles. The third-order valence-corrected chi connectivity index (χ3v) is 3.89. The van der Waals surface area contributed by atoms with Crippen molar-refractivity contribution in [2.75, 3.05) is 11.9 Å². The molecular weight excluding hydrogens is 389 g/mol. The van der Waals surface area contributed by atoms with E-state index in [0.29, 0.717) is 39.6 Å². The molecule has 0 fully saturated rings. The predicted octanol–water partition coefficient (Wildman–Crippen LogP) is 5.21. The van der Waals surface area contributed by atoms with Crippen molar-refractivity contribution in [3.8, 4) is 5.75 Å². The Balaban J connectivity index is 1.92. The summed E-state index contributed by atoms with van der Waals surface area (Å²) in [6.45, 7) is 6.18. The average Bonchev–Trinajstić information content (AvgIpc) is 2.59. The first-order chi connectivity index (χ1) is 12.7. The van der Waals surface area contributed by atoms with Crippen molar-refractivity contribution in [1.82, 2.24) is 0 Å². The largest absolute Gasteiger partial charge is 0.493 e. The number of hydrogen-bond donors (Lipinski definition) is 1. The maximum atomic E-state index is 12.2. The van der Waals surface area contributed by atoms with E-state index in [1.165, 1.54) is 6.92 Å². The fourth-order valence-corrected chi connectivity index (χ4v) is 2.63. The Hall–Kier alpha value is -2.24. The molecule has 0 aliphatic rings. The van der Waals surface area contributed by atoms with Gasteiger partial charge in [0.1, 0.15) is 5.75 Å². The van der Waals surface area contributed by atoms with Gasteiger partial charge in [0.05, 0.1) is 12.2 Å². The molecule has 1 amide bonds. The van der Waals surface area contributed by atoms with E-state index in [4.69, 9.17) is 32.7 Å². The molecule has 7 heteroatoms. The summed E-state index contributed by atoms with van der Waals surface area (Å²) in [7, 11) is 0. The molecule has 1 N–H and O–H groups in total. The molecule has 0 saturated carbocycles. The molecule has 144 valence electrons. The van der Waals surface area contributed by atoms with Crippen molar-refractivity contribution < 1.29 is 19.1 Å². The summed E-state index contributed by atoms with van der Waals surface area (Å²) in [5.41, 5.74) is 0.754. The topological polar surface area (TPSA) is 64.6 Å². The van der Waals surface area contributed by atoms with E-state index in [0.717, 1.165) is 0 Å². The van der Waals surface area contributed by atoms with E-state index in [2.05, 4.69) is 19.2 Å². The summed E-state index contributed by atoms with van der Waals surface area (Å²) in [6.07, 6.45) is -0.993. The van der Waals surface area contributed by atoms with E-state index < -0.39 is 18.0 Å². The number of amides is 1. The number of esters is 1. The Bertz CT molecular complexity index is 786. The van der Waals surface area contributed by atoms with E-state index in [-0.39, 0.29) is 0 Å². The van der Waals surface area contributed by atoms with Crippen molar-refractivity contribution in [3.05, 3.63) is 58.1 Å². The molecular formula is C20H21Cl2NO4. The molecule has 0 bridgehead atoms. The minimum atomic E-state index is -0.993. The fourth-order valence-electron chi connectivity index (χ4n) is 2.10. The minimum absolute atomic E-state index is 0.331. The number of benzene rings is 2. The molecule has 0 saturated heterocycles. The van der Waals surface area contributed by atoms with Gasteiger partial charge in [0.25, 0.3) is 5.91 Å².